The van der Waals surface area contributed by atoms with Crippen LogP contribution in [0.25, 0.3) is 0 Å². The van der Waals surface area contributed by atoms with E-state index in [0.29, 0.717) is 24.9 Å². The molecule has 1 amide bonds. The van der Waals surface area contributed by atoms with E-state index in [1.165, 1.54) is 16.8 Å². The largest absolute Gasteiger partial charge is 0.272 e. The zero-order chi connectivity index (χ0) is 16.4. The Morgan fingerprint density at radius 2 is 1.86 bits per heavy atom. The molecule has 0 aromatic heterocycles. The summed E-state index contributed by atoms with van der Waals surface area (Å²) in [4.78, 5) is 12.1. The molecule has 0 radical (unpaired) electrons. The normalized spacial score (nSPS) is 20.0. The van der Waals surface area contributed by atoms with E-state index in [4.69, 9.17) is 0 Å². The van der Waals surface area contributed by atoms with Gasteiger partial charge in [0.25, 0.3) is 5.91 Å². The van der Waals surface area contributed by atoms with Gasteiger partial charge in [0.2, 0.25) is 10.0 Å². The van der Waals surface area contributed by atoms with Crippen LogP contribution in [0.5, 0.6) is 0 Å². The molecule has 1 saturated heterocycles. The Balaban J connectivity index is 2.23. The molecular formula is C14H20N2O4S2. The van der Waals surface area contributed by atoms with Gasteiger partial charge in [-0.15, -0.1) is 0 Å². The summed E-state index contributed by atoms with van der Waals surface area (Å²) in [6.07, 6.45) is 3.76. The lowest BCUT2D eigenvalue weighted by Crippen LogP contribution is -2.40. The quantitative estimate of drug-likeness (QED) is 0.822. The second-order valence-corrected chi connectivity index (χ2v) is 10.1. The van der Waals surface area contributed by atoms with Gasteiger partial charge in [0.15, 0.2) is 0 Å². The van der Waals surface area contributed by atoms with Gasteiger partial charge < -0.3 is 0 Å². The first-order valence-corrected chi connectivity index (χ1v) is 10.9. The van der Waals surface area contributed by atoms with Gasteiger partial charge in [0.05, 0.1) is 5.75 Å². The Hall–Kier alpha value is -1.25. The number of sulfonamides is 1. The van der Waals surface area contributed by atoms with Gasteiger partial charge in [-0.1, -0.05) is 30.3 Å². The van der Waals surface area contributed by atoms with Gasteiger partial charge in [0, 0.05) is 28.8 Å². The van der Waals surface area contributed by atoms with Gasteiger partial charge in [0.1, 0.15) is 6.04 Å². The molecular weight excluding hydrogens is 324 g/mol. The number of amides is 1. The summed E-state index contributed by atoms with van der Waals surface area (Å²) in [6, 6.07) is 8.01. The van der Waals surface area contributed by atoms with Gasteiger partial charge in [-0.2, -0.15) is 8.67 Å². The zero-order valence-corrected chi connectivity index (χ0v) is 14.3. The first-order valence-electron chi connectivity index (χ1n) is 6.93. The third kappa shape index (κ3) is 4.37. The molecule has 8 heteroatoms. The van der Waals surface area contributed by atoms with Crippen LogP contribution in [0.15, 0.2) is 34.7 Å². The lowest BCUT2D eigenvalue weighted by molar-refractivity contribution is -0.120. The molecule has 6 nitrogen and oxygen atoms in total. The Bertz CT molecular complexity index is 757. The van der Waals surface area contributed by atoms with Crippen molar-refractivity contribution in [3.63, 3.8) is 0 Å². The summed E-state index contributed by atoms with van der Waals surface area (Å²) in [6.45, 7) is 0.301. The van der Waals surface area contributed by atoms with E-state index < -0.39 is 31.7 Å². The van der Waals surface area contributed by atoms with Crippen molar-refractivity contribution in [3.05, 3.63) is 35.9 Å². The van der Waals surface area contributed by atoms with Crippen molar-refractivity contribution in [2.24, 2.45) is 4.36 Å². The molecule has 1 aromatic carbocycles. The molecule has 22 heavy (non-hydrogen) atoms. The molecule has 0 bridgehead atoms. The minimum Gasteiger partial charge on any atom is -0.270 e. The smallest absolute Gasteiger partial charge is 0.270 e. The van der Waals surface area contributed by atoms with Crippen molar-refractivity contribution < 1.29 is 17.4 Å². The highest BCUT2D eigenvalue weighted by atomic mass is 32.2. The van der Waals surface area contributed by atoms with Crippen LogP contribution in [-0.2, 0) is 30.3 Å². The Kier molecular flexibility index (Phi) is 5.03. The maximum Gasteiger partial charge on any atom is 0.272 e. The van der Waals surface area contributed by atoms with E-state index in [-0.39, 0.29) is 5.75 Å². The van der Waals surface area contributed by atoms with Crippen LogP contribution in [0, 0.1) is 0 Å². The van der Waals surface area contributed by atoms with Gasteiger partial charge >= 0.3 is 0 Å². The number of hydrogen-bond donors (Lipinski definition) is 0. The zero-order valence-electron chi connectivity index (χ0n) is 12.6. The maximum atomic E-state index is 12.5. The summed E-state index contributed by atoms with van der Waals surface area (Å²) in [5, 5.41) is 0. The second-order valence-electron chi connectivity index (χ2n) is 5.62. The van der Waals surface area contributed by atoms with E-state index >= 15 is 0 Å². The average Bonchev–Trinajstić information content (AvgIpc) is 2.87. The van der Waals surface area contributed by atoms with E-state index in [1.807, 2.05) is 6.07 Å². The van der Waals surface area contributed by atoms with Gasteiger partial charge in [-0.25, -0.2) is 12.6 Å². The van der Waals surface area contributed by atoms with Crippen LogP contribution in [0.3, 0.4) is 0 Å². The maximum absolute atomic E-state index is 12.5. The highest BCUT2D eigenvalue weighted by molar-refractivity contribution is 7.92. The number of benzene rings is 1. The van der Waals surface area contributed by atoms with E-state index in [1.54, 1.807) is 24.3 Å². The van der Waals surface area contributed by atoms with Crippen molar-refractivity contribution in [1.29, 1.82) is 0 Å². The molecule has 0 unspecified atom stereocenters. The third-order valence-electron chi connectivity index (χ3n) is 3.35. The summed E-state index contributed by atoms with van der Waals surface area (Å²) in [7, 11) is -6.19. The lowest BCUT2D eigenvalue weighted by Gasteiger charge is -2.21. The van der Waals surface area contributed by atoms with Crippen LogP contribution in [0.1, 0.15) is 18.4 Å². The van der Waals surface area contributed by atoms with Crippen molar-refractivity contribution in [2.45, 2.75) is 24.6 Å². The van der Waals surface area contributed by atoms with Crippen LogP contribution >= 0.6 is 0 Å². The molecule has 1 aliphatic rings. The molecule has 1 aromatic rings. The second kappa shape index (κ2) is 6.47. The summed E-state index contributed by atoms with van der Waals surface area (Å²) < 4.78 is 41.6. The van der Waals surface area contributed by atoms with E-state index in [2.05, 4.69) is 4.36 Å². The van der Waals surface area contributed by atoms with Crippen molar-refractivity contribution >= 4 is 25.7 Å². The topological polar surface area (TPSA) is 83.9 Å². The highest BCUT2D eigenvalue weighted by Crippen LogP contribution is 2.24. The van der Waals surface area contributed by atoms with E-state index in [0.717, 1.165) is 0 Å². The first-order chi connectivity index (χ1) is 10.2. The number of nitrogens with zero attached hydrogens (tertiary/aromatic N) is 2. The Morgan fingerprint density at radius 1 is 1.23 bits per heavy atom. The molecule has 1 heterocycles. The van der Waals surface area contributed by atoms with E-state index in [9.17, 15) is 17.4 Å². The van der Waals surface area contributed by atoms with Crippen LogP contribution in [0.4, 0.5) is 0 Å². The molecule has 0 saturated carbocycles. The van der Waals surface area contributed by atoms with Crippen LogP contribution < -0.4 is 0 Å². The predicted molar refractivity (Wildman–Crippen MR) is 86.2 cm³/mol. The number of hydrogen-bond acceptors (Lipinski definition) is 4. The Labute approximate surface area is 131 Å². The fourth-order valence-corrected chi connectivity index (χ4v) is 4.79. The molecule has 122 valence electrons. The SMILES string of the molecule is CS(C)(=O)=NC(=O)[C@@H]1CCCN1S(=O)(=O)Cc1ccccc1. The van der Waals surface area contributed by atoms with Crippen molar-refractivity contribution in [1.82, 2.24) is 4.31 Å². The van der Waals surface area contributed by atoms with Crippen LogP contribution in [-0.4, -0.2) is 47.9 Å². The lowest BCUT2D eigenvalue weighted by atomic mass is 10.2. The fraction of sp³-hybridized carbons (Fsp3) is 0.500. The summed E-state index contributed by atoms with van der Waals surface area (Å²) in [5.41, 5.74) is 0.673. The number of rotatable bonds is 4. The summed E-state index contributed by atoms with van der Waals surface area (Å²) in [5.74, 6) is -0.755. The standard InChI is InChI=1S/C14H20N2O4S2/c1-21(2,18)15-14(17)13-9-6-10-16(13)22(19,20)11-12-7-4-3-5-8-12/h3-5,7-8,13H,6,9-11H2,1-2H3/t13-/m0/s1. The molecule has 0 aliphatic carbocycles. The molecule has 2 rings (SSSR count). The van der Waals surface area contributed by atoms with Gasteiger partial charge in [-0.3, -0.25) is 4.79 Å². The summed E-state index contributed by atoms with van der Waals surface area (Å²) >= 11 is 0. The number of carbonyl (C=O) groups excluding carboxylic acids is 1. The average molecular weight is 344 g/mol. The highest BCUT2D eigenvalue weighted by Gasteiger charge is 2.38. The molecule has 0 spiro atoms. The minimum absolute atomic E-state index is 0.148. The van der Waals surface area contributed by atoms with Crippen molar-refractivity contribution in [3.8, 4) is 0 Å². The Morgan fingerprint density at radius 3 is 2.45 bits per heavy atom. The molecule has 1 fully saturated rings. The first kappa shape index (κ1) is 17.1. The van der Waals surface area contributed by atoms with Crippen molar-refractivity contribution in [2.75, 3.05) is 19.1 Å². The van der Waals surface area contributed by atoms with Crippen LogP contribution in [0.2, 0.25) is 0 Å². The fourth-order valence-electron chi connectivity index (χ4n) is 2.47. The minimum atomic E-state index is -3.60. The van der Waals surface area contributed by atoms with Gasteiger partial charge in [-0.05, 0) is 18.4 Å². The third-order valence-corrected chi connectivity index (χ3v) is 5.82. The molecule has 1 atom stereocenters. The number of carbonyl (C=O) groups is 1. The predicted octanol–water partition coefficient (Wildman–Crippen LogP) is 1.23. The molecule has 0 N–H and O–H groups in total. The monoisotopic (exact) mass is 344 g/mol. The molecule has 1 aliphatic heterocycles.